The predicted octanol–water partition coefficient (Wildman–Crippen LogP) is 1.21. The maximum absolute atomic E-state index is 11.2. The molecule has 0 saturated heterocycles. The first-order valence-corrected chi connectivity index (χ1v) is 5.51. The maximum atomic E-state index is 11.2. The largest absolute Gasteiger partial charge is 0.504 e. The number of aliphatic carboxylic acids is 1. The average Bonchev–Trinajstić information content (AvgIpc) is 2.33. The molecule has 1 rings (SSSR count). The van der Waals surface area contributed by atoms with Crippen molar-refractivity contribution >= 4 is 11.9 Å². The summed E-state index contributed by atoms with van der Waals surface area (Å²) >= 11 is 0. The summed E-state index contributed by atoms with van der Waals surface area (Å²) in [5.74, 6) is -2.70. The van der Waals surface area contributed by atoms with Crippen LogP contribution in [0.5, 0.6) is 11.5 Å². The van der Waals surface area contributed by atoms with E-state index in [1.807, 2.05) is 0 Å². The lowest BCUT2D eigenvalue weighted by Gasteiger charge is -2.13. The molecule has 0 bridgehead atoms. The van der Waals surface area contributed by atoms with Crippen LogP contribution >= 0.6 is 0 Å². The van der Waals surface area contributed by atoms with Crippen LogP contribution in [0.25, 0.3) is 0 Å². The van der Waals surface area contributed by atoms with Gasteiger partial charge in [-0.1, -0.05) is 12.1 Å². The molecule has 102 valence electrons. The molecule has 0 radical (unpaired) electrons. The van der Waals surface area contributed by atoms with Crippen molar-refractivity contribution in [1.29, 1.82) is 0 Å². The Morgan fingerprint density at radius 1 is 1.32 bits per heavy atom. The van der Waals surface area contributed by atoms with E-state index < -0.39 is 18.0 Å². The fourth-order valence-corrected chi connectivity index (χ4v) is 1.41. The van der Waals surface area contributed by atoms with Crippen LogP contribution in [0.15, 0.2) is 30.4 Å². The molecule has 0 aromatic heterocycles. The van der Waals surface area contributed by atoms with Gasteiger partial charge in [-0.3, -0.25) is 0 Å². The van der Waals surface area contributed by atoms with Gasteiger partial charge in [0.2, 0.25) is 6.10 Å². The molecule has 1 aromatic carbocycles. The first kappa shape index (κ1) is 14.6. The van der Waals surface area contributed by atoms with E-state index in [1.165, 1.54) is 24.3 Å². The van der Waals surface area contributed by atoms with Gasteiger partial charge in [0.15, 0.2) is 11.5 Å². The average molecular weight is 266 g/mol. The number of ether oxygens (including phenoxy) is 1. The Hall–Kier alpha value is -2.50. The third kappa shape index (κ3) is 4.34. The van der Waals surface area contributed by atoms with Crippen molar-refractivity contribution < 1.29 is 29.6 Å². The Labute approximate surface area is 109 Å². The number of carbonyl (C=O) groups is 2. The Morgan fingerprint density at radius 2 is 2.00 bits per heavy atom. The lowest BCUT2D eigenvalue weighted by molar-refractivity contribution is -0.160. The normalized spacial score (nSPS) is 12.3. The predicted molar refractivity (Wildman–Crippen MR) is 65.8 cm³/mol. The van der Waals surface area contributed by atoms with Crippen LogP contribution in [0.3, 0.4) is 0 Å². The second kappa shape index (κ2) is 6.44. The molecule has 19 heavy (non-hydrogen) atoms. The van der Waals surface area contributed by atoms with Gasteiger partial charge in [0.25, 0.3) is 0 Å². The molecule has 1 atom stereocenters. The van der Waals surface area contributed by atoms with Crippen LogP contribution in [0, 0.1) is 0 Å². The molecule has 6 nitrogen and oxygen atoms in total. The minimum Gasteiger partial charge on any atom is -0.504 e. The molecule has 0 fully saturated rings. The number of phenolic OH excluding ortho intramolecular Hbond substituents is 2. The number of carboxylic acids is 1. The zero-order valence-corrected chi connectivity index (χ0v) is 10.2. The molecule has 1 aromatic rings. The quantitative estimate of drug-likeness (QED) is 0.420. The molecule has 0 spiro atoms. The van der Waals surface area contributed by atoms with Gasteiger partial charge in [0, 0.05) is 12.5 Å². The molecule has 0 saturated carbocycles. The second-order valence-corrected chi connectivity index (χ2v) is 3.79. The molecule has 3 N–H and O–H groups in total. The van der Waals surface area contributed by atoms with Crippen molar-refractivity contribution in [2.75, 3.05) is 0 Å². The van der Waals surface area contributed by atoms with Gasteiger partial charge in [0.05, 0.1) is 0 Å². The van der Waals surface area contributed by atoms with E-state index in [9.17, 15) is 14.7 Å². The monoisotopic (exact) mass is 266 g/mol. The fourth-order valence-electron chi connectivity index (χ4n) is 1.41. The number of benzene rings is 1. The standard InChI is InChI=1S/C13H14O6/c1-2-3-12(16)19-11(13(17)18)7-8-4-5-9(14)10(15)6-8/h2-6,11,14-15H,7H2,1H3,(H,17,18)/b3-2+. The number of carbonyl (C=O) groups excluding carboxylic acids is 1. The highest BCUT2D eigenvalue weighted by Gasteiger charge is 2.22. The number of aromatic hydroxyl groups is 2. The van der Waals surface area contributed by atoms with Crippen molar-refractivity contribution in [3.8, 4) is 11.5 Å². The Kier molecular flexibility index (Phi) is 4.93. The molecular formula is C13H14O6. The zero-order chi connectivity index (χ0) is 14.4. The van der Waals surface area contributed by atoms with E-state index in [2.05, 4.69) is 0 Å². The first-order chi connectivity index (χ1) is 8.93. The van der Waals surface area contributed by atoms with E-state index in [-0.39, 0.29) is 17.9 Å². The first-order valence-electron chi connectivity index (χ1n) is 5.51. The highest BCUT2D eigenvalue weighted by molar-refractivity contribution is 5.85. The van der Waals surface area contributed by atoms with E-state index >= 15 is 0 Å². The topological polar surface area (TPSA) is 104 Å². The number of esters is 1. The van der Waals surface area contributed by atoms with Gasteiger partial charge in [-0.2, -0.15) is 0 Å². The molecule has 1 unspecified atom stereocenters. The number of rotatable bonds is 5. The molecule has 0 aliphatic carbocycles. The van der Waals surface area contributed by atoms with Gasteiger partial charge in [-0.15, -0.1) is 0 Å². The van der Waals surface area contributed by atoms with Gasteiger partial charge < -0.3 is 20.1 Å². The summed E-state index contributed by atoms with van der Waals surface area (Å²) in [6, 6.07) is 3.89. The minimum absolute atomic E-state index is 0.105. The Morgan fingerprint density at radius 3 is 2.53 bits per heavy atom. The third-order valence-corrected chi connectivity index (χ3v) is 2.30. The van der Waals surface area contributed by atoms with E-state index in [4.69, 9.17) is 14.9 Å². The molecule has 0 aliphatic rings. The number of hydrogen-bond donors (Lipinski definition) is 3. The van der Waals surface area contributed by atoms with Crippen LogP contribution in [0.4, 0.5) is 0 Å². The summed E-state index contributed by atoms with van der Waals surface area (Å²) in [7, 11) is 0. The van der Waals surface area contributed by atoms with E-state index in [0.717, 1.165) is 6.08 Å². The highest BCUT2D eigenvalue weighted by Crippen LogP contribution is 2.25. The lowest BCUT2D eigenvalue weighted by Crippen LogP contribution is -2.28. The van der Waals surface area contributed by atoms with Gasteiger partial charge >= 0.3 is 11.9 Å². The summed E-state index contributed by atoms with van der Waals surface area (Å²) in [6.07, 6.45) is 1.09. The summed E-state index contributed by atoms with van der Waals surface area (Å²) < 4.78 is 4.76. The summed E-state index contributed by atoms with van der Waals surface area (Å²) in [5, 5.41) is 27.4. The van der Waals surface area contributed by atoms with Crippen molar-refractivity contribution in [2.45, 2.75) is 19.4 Å². The van der Waals surface area contributed by atoms with Crippen molar-refractivity contribution in [3.63, 3.8) is 0 Å². The van der Waals surface area contributed by atoms with Crippen molar-refractivity contribution in [1.82, 2.24) is 0 Å². The van der Waals surface area contributed by atoms with Crippen molar-refractivity contribution in [3.05, 3.63) is 35.9 Å². The van der Waals surface area contributed by atoms with Gasteiger partial charge in [-0.05, 0) is 24.6 Å². The smallest absolute Gasteiger partial charge is 0.345 e. The SMILES string of the molecule is C/C=C/C(=O)OC(Cc1ccc(O)c(O)c1)C(=O)O. The second-order valence-electron chi connectivity index (χ2n) is 3.79. The molecule has 0 aliphatic heterocycles. The highest BCUT2D eigenvalue weighted by atomic mass is 16.6. The van der Waals surface area contributed by atoms with Crippen LogP contribution in [0.2, 0.25) is 0 Å². The summed E-state index contributed by atoms with van der Waals surface area (Å²) in [5.41, 5.74) is 0.427. The van der Waals surface area contributed by atoms with Gasteiger partial charge in [0.1, 0.15) is 0 Å². The molecule has 0 heterocycles. The van der Waals surface area contributed by atoms with Crippen LogP contribution in [-0.2, 0) is 20.7 Å². The number of hydrogen-bond acceptors (Lipinski definition) is 5. The summed E-state index contributed by atoms with van der Waals surface area (Å²) in [4.78, 5) is 22.2. The maximum Gasteiger partial charge on any atom is 0.345 e. The number of phenols is 2. The Bertz CT molecular complexity index is 506. The Balaban J connectivity index is 2.81. The molecule has 0 amide bonds. The third-order valence-electron chi connectivity index (χ3n) is 2.30. The lowest BCUT2D eigenvalue weighted by atomic mass is 10.1. The fraction of sp³-hybridized carbons (Fsp3) is 0.231. The van der Waals surface area contributed by atoms with E-state index in [0.29, 0.717) is 5.56 Å². The minimum atomic E-state index is -1.35. The van der Waals surface area contributed by atoms with Crippen LogP contribution in [0.1, 0.15) is 12.5 Å². The number of carboxylic acid groups (broad SMARTS) is 1. The number of allylic oxidation sites excluding steroid dienone is 1. The van der Waals surface area contributed by atoms with E-state index in [1.54, 1.807) is 6.92 Å². The summed E-state index contributed by atoms with van der Waals surface area (Å²) in [6.45, 7) is 1.61. The van der Waals surface area contributed by atoms with Gasteiger partial charge in [-0.25, -0.2) is 9.59 Å². The molecule has 6 heteroatoms. The van der Waals surface area contributed by atoms with Crippen LogP contribution < -0.4 is 0 Å². The van der Waals surface area contributed by atoms with Crippen LogP contribution in [-0.4, -0.2) is 33.4 Å². The van der Waals surface area contributed by atoms with Crippen molar-refractivity contribution in [2.24, 2.45) is 0 Å². The zero-order valence-electron chi connectivity index (χ0n) is 10.2. The molecular weight excluding hydrogens is 252 g/mol.